The van der Waals surface area contributed by atoms with Gasteiger partial charge in [-0.1, -0.05) is 79.1 Å². The summed E-state index contributed by atoms with van der Waals surface area (Å²) < 4.78 is 2.03. The molecule has 3 rings (SSSR count). The maximum Gasteiger partial charge on any atom is 0.240 e. The monoisotopic (exact) mass is 462 g/mol. The first kappa shape index (κ1) is 22.7. The number of halogens is 2. The molecule has 0 saturated carbocycles. The maximum atomic E-state index is 13.0. The van der Waals surface area contributed by atoms with Gasteiger partial charge in [-0.25, -0.2) is 0 Å². The summed E-state index contributed by atoms with van der Waals surface area (Å²) >= 11 is 13.9. The highest BCUT2D eigenvalue weighted by Crippen LogP contribution is 2.38. The molecule has 0 radical (unpaired) electrons. The van der Waals surface area contributed by atoms with Gasteiger partial charge in [0, 0.05) is 31.2 Å². The van der Waals surface area contributed by atoms with Crippen LogP contribution in [-0.4, -0.2) is 39.7 Å². The molecular weight excluding hydrogens is 439 g/mol. The number of likely N-dealkylation sites (N-methyl/N-ethyl adjacent to an activating group) is 1. The van der Waals surface area contributed by atoms with Gasteiger partial charge < -0.3 is 9.47 Å². The summed E-state index contributed by atoms with van der Waals surface area (Å²) in [7, 11) is 3.52. The van der Waals surface area contributed by atoms with Crippen molar-refractivity contribution >= 4 is 40.9 Å². The number of hydrogen-bond donors (Lipinski definition) is 0. The lowest BCUT2D eigenvalue weighted by Gasteiger charge is -2.21. The number of nitrogens with zero attached hydrogens (tertiary/aromatic N) is 4. The summed E-state index contributed by atoms with van der Waals surface area (Å²) in [5.74, 6) is 1.01. The third kappa shape index (κ3) is 5.17. The highest BCUT2D eigenvalue weighted by Gasteiger charge is 2.27. The Bertz CT molecular complexity index is 1020. The van der Waals surface area contributed by atoms with Crippen LogP contribution in [0.2, 0.25) is 10.0 Å². The van der Waals surface area contributed by atoms with Gasteiger partial charge in [0.1, 0.15) is 5.25 Å². The Morgan fingerprint density at radius 2 is 1.80 bits per heavy atom. The molecule has 0 saturated heterocycles. The third-order valence-electron chi connectivity index (χ3n) is 4.43. The molecule has 0 aliphatic rings. The van der Waals surface area contributed by atoms with Crippen LogP contribution in [0.15, 0.2) is 53.7 Å². The first-order chi connectivity index (χ1) is 14.3. The number of rotatable bonds is 7. The maximum absolute atomic E-state index is 13.0. The number of carbonyl (C=O) groups excluding carboxylic acids is 1. The molecule has 0 N–H and O–H groups in total. The van der Waals surface area contributed by atoms with Crippen molar-refractivity contribution in [3.8, 4) is 11.4 Å². The molecule has 0 unspecified atom stereocenters. The van der Waals surface area contributed by atoms with Crippen molar-refractivity contribution in [1.29, 1.82) is 0 Å². The lowest BCUT2D eigenvalue weighted by molar-refractivity contribution is -0.128. The average molecular weight is 463 g/mol. The molecule has 1 atom stereocenters. The number of amides is 1. The molecule has 1 aromatic heterocycles. The van der Waals surface area contributed by atoms with Crippen LogP contribution in [0.25, 0.3) is 11.4 Å². The molecule has 1 amide bonds. The zero-order valence-corrected chi connectivity index (χ0v) is 19.7. The van der Waals surface area contributed by atoms with Crippen LogP contribution >= 0.6 is 35.0 Å². The third-order valence-corrected chi connectivity index (χ3v) is 6.20. The predicted molar refractivity (Wildman–Crippen MR) is 124 cm³/mol. The van der Waals surface area contributed by atoms with E-state index in [4.69, 9.17) is 23.2 Å². The van der Waals surface area contributed by atoms with Crippen molar-refractivity contribution in [2.24, 2.45) is 5.92 Å². The quantitative estimate of drug-likeness (QED) is 0.414. The molecule has 1 heterocycles. The summed E-state index contributed by atoms with van der Waals surface area (Å²) in [5.41, 5.74) is 1.68. The summed E-state index contributed by atoms with van der Waals surface area (Å²) in [6, 6.07) is 15.0. The molecule has 0 fully saturated rings. The van der Waals surface area contributed by atoms with E-state index in [2.05, 4.69) is 24.0 Å². The summed E-state index contributed by atoms with van der Waals surface area (Å²) in [4.78, 5) is 14.6. The lowest BCUT2D eigenvalue weighted by atomic mass is 10.1. The highest BCUT2D eigenvalue weighted by molar-refractivity contribution is 8.00. The molecule has 0 spiro atoms. The second-order valence-electron chi connectivity index (χ2n) is 7.58. The molecule has 5 nitrogen and oxygen atoms in total. The van der Waals surface area contributed by atoms with Gasteiger partial charge in [-0.15, -0.1) is 10.2 Å². The smallest absolute Gasteiger partial charge is 0.240 e. The fraction of sp³-hybridized carbons (Fsp3) is 0.318. The van der Waals surface area contributed by atoms with E-state index in [1.807, 2.05) is 41.0 Å². The molecule has 8 heteroatoms. The van der Waals surface area contributed by atoms with E-state index in [0.29, 0.717) is 33.5 Å². The molecular formula is C22H24Cl2N4OS. The molecule has 0 aliphatic carbocycles. The van der Waals surface area contributed by atoms with Crippen LogP contribution in [0, 0.1) is 5.92 Å². The van der Waals surface area contributed by atoms with Gasteiger partial charge in [0.05, 0.1) is 5.02 Å². The van der Waals surface area contributed by atoms with Crippen LogP contribution in [0.4, 0.5) is 0 Å². The van der Waals surface area contributed by atoms with E-state index in [1.54, 1.807) is 31.1 Å². The minimum atomic E-state index is -0.426. The Hall–Kier alpha value is -2.02. The number of hydrogen-bond acceptors (Lipinski definition) is 4. The number of aromatic nitrogens is 3. The van der Waals surface area contributed by atoms with Gasteiger partial charge in [-0.3, -0.25) is 4.79 Å². The first-order valence-electron chi connectivity index (χ1n) is 9.59. The van der Waals surface area contributed by atoms with Crippen molar-refractivity contribution in [3.05, 3.63) is 64.1 Å². The van der Waals surface area contributed by atoms with Gasteiger partial charge in [-0.05, 0) is 29.7 Å². The summed E-state index contributed by atoms with van der Waals surface area (Å²) in [5, 5.41) is 10.2. The van der Waals surface area contributed by atoms with E-state index < -0.39 is 5.25 Å². The average Bonchev–Trinajstić information content (AvgIpc) is 3.07. The van der Waals surface area contributed by atoms with Crippen molar-refractivity contribution < 1.29 is 4.79 Å². The van der Waals surface area contributed by atoms with Crippen LogP contribution in [0.3, 0.4) is 0 Å². The minimum absolute atomic E-state index is 0.00336. The lowest BCUT2D eigenvalue weighted by Crippen LogP contribution is -2.27. The largest absolute Gasteiger partial charge is 0.348 e. The standard InChI is InChI=1S/C22H24Cl2N4OS/c1-14(2)13-28-20(17-11-10-16(23)12-18(17)24)25-26-22(28)30-19(21(29)27(3)4)15-8-6-5-7-9-15/h5-12,14,19H,13H2,1-4H3/t19-/m0/s1. The zero-order valence-electron chi connectivity index (χ0n) is 17.3. The van der Waals surface area contributed by atoms with E-state index in [9.17, 15) is 4.79 Å². The topological polar surface area (TPSA) is 51.0 Å². The number of thioether (sulfide) groups is 1. The Morgan fingerprint density at radius 3 is 2.40 bits per heavy atom. The number of carbonyl (C=O) groups is 1. The van der Waals surface area contributed by atoms with Crippen molar-refractivity contribution in [2.75, 3.05) is 14.1 Å². The van der Waals surface area contributed by atoms with Gasteiger partial charge in [0.15, 0.2) is 11.0 Å². The van der Waals surface area contributed by atoms with Gasteiger partial charge in [-0.2, -0.15) is 0 Å². The summed E-state index contributed by atoms with van der Waals surface area (Å²) in [6.07, 6.45) is 0. The molecule has 0 aliphatic heterocycles. The van der Waals surface area contributed by atoms with Crippen LogP contribution < -0.4 is 0 Å². The van der Waals surface area contributed by atoms with Crippen LogP contribution in [0.1, 0.15) is 24.7 Å². The summed E-state index contributed by atoms with van der Waals surface area (Å²) in [6.45, 7) is 4.95. The van der Waals surface area contributed by atoms with E-state index in [0.717, 1.165) is 11.1 Å². The van der Waals surface area contributed by atoms with Gasteiger partial charge in [0.25, 0.3) is 0 Å². The Balaban J connectivity index is 2.06. The molecule has 3 aromatic rings. The minimum Gasteiger partial charge on any atom is -0.348 e. The molecule has 2 aromatic carbocycles. The first-order valence-corrected chi connectivity index (χ1v) is 11.2. The van der Waals surface area contributed by atoms with Crippen molar-refractivity contribution in [1.82, 2.24) is 19.7 Å². The molecule has 0 bridgehead atoms. The molecule has 158 valence electrons. The SMILES string of the molecule is CC(C)Cn1c(S[C@H](C(=O)N(C)C)c2ccccc2)nnc1-c1ccc(Cl)cc1Cl. The normalized spacial score (nSPS) is 12.2. The second kappa shape index (κ2) is 9.86. The number of benzene rings is 2. The van der Waals surface area contributed by atoms with E-state index in [1.165, 1.54) is 11.8 Å². The Kier molecular flexibility index (Phi) is 7.45. The van der Waals surface area contributed by atoms with Gasteiger partial charge >= 0.3 is 0 Å². The highest BCUT2D eigenvalue weighted by atomic mass is 35.5. The van der Waals surface area contributed by atoms with E-state index in [-0.39, 0.29) is 5.91 Å². The van der Waals surface area contributed by atoms with Crippen molar-refractivity contribution in [2.45, 2.75) is 30.8 Å². The van der Waals surface area contributed by atoms with Crippen LogP contribution in [-0.2, 0) is 11.3 Å². The van der Waals surface area contributed by atoms with Crippen LogP contribution in [0.5, 0.6) is 0 Å². The fourth-order valence-corrected chi connectivity index (χ4v) is 4.69. The Morgan fingerprint density at radius 1 is 1.10 bits per heavy atom. The predicted octanol–water partition coefficient (Wildman–Crippen LogP) is 5.83. The second-order valence-corrected chi connectivity index (χ2v) is 9.49. The zero-order chi connectivity index (χ0) is 21.8. The fourth-order valence-electron chi connectivity index (χ4n) is 3.00. The van der Waals surface area contributed by atoms with Gasteiger partial charge in [0.2, 0.25) is 5.91 Å². The van der Waals surface area contributed by atoms with E-state index >= 15 is 0 Å². The molecule has 30 heavy (non-hydrogen) atoms. The Labute approximate surface area is 191 Å². The van der Waals surface area contributed by atoms with Crippen molar-refractivity contribution in [3.63, 3.8) is 0 Å².